The molecule has 0 radical (unpaired) electrons. The summed E-state index contributed by atoms with van der Waals surface area (Å²) >= 11 is 1.85. The standard InChI is InChI=1S/C23H13NS/c1-2-7-21-17(5-1)18-12-15(10-11-22(18)25-21)20-13-16-9-8-14-4-3-6-19(24-20)23(14)16/h1-13H. The summed E-state index contributed by atoms with van der Waals surface area (Å²) in [6, 6.07) is 23.9. The largest absolute Gasteiger partial charge is 0.248 e. The quantitative estimate of drug-likeness (QED) is 0.324. The van der Waals surface area contributed by atoms with Crippen molar-refractivity contribution in [3.05, 3.63) is 77.9 Å². The van der Waals surface area contributed by atoms with Gasteiger partial charge >= 0.3 is 0 Å². The van der Waals surface area contributed by atoms with Crippen molar-refractivity contribution in [1.29, 1.82) is 0 Å². The number of nitrogens with zero attached hydrogens (tertiary/aromatic N) is 1. The molecule has 25 heavy (non-hydrogen) atoms. The number of benzene rings is 3. The SMILES string of the molecule is C1=Cc2cc(-c3ccc4sc5ccccc5c4c3)nc3cccc1c23. The highest BCUT2D eigenvalue weighted by molar-refractivity contribution is 7.25. The van der Waals surface area contributed by atoms with E-state index in [1.807, 2.05) is 11.3 Å². The van der Waals surface area contributed by atoms with E-state index in [9.17, 15) is 0 Å². The number of hydrogen-bond acceptors (Lipinski definition) is 2. The van der Waals surface area contributed by atoms with Gasteiger partial charge < -0.3 is 0 Å². The molecule has 0 fully saturated rings. The molecule has 1 aliphatic carbocycles. The van der Waals surface area contributed by atoms with Crippen LogP contribution in [0.1, 0.15) is 11.1 Å². The van der Waals surface area contributed by atoms with E-state index in [1.165, 1.54) is 42.2 Å². The predicted octanol–water partition coefficient (Wildman–Crippen LogP) is 6.75. The van der Waals surface area contributed by atoms with Gasteiger partial charge in [-0.15, -0.1) is 11.3 Å². The fourth-order valence-corrected chi connectivity index (χ4v) is 4.92. The van der Waals surface area contributed by atoms with Gasteiger partial charge in [0.2, 0.25) is 0 Å². The van der Waals surface area contributed by atoms with Crippen molar-refractivity contribution in [3.63, 3.8) is 0 Å². The second-order valence-corrected chi connectivity index (χ2v) is 7.56. The Morgan fingerprint density at radius 2 is 1.56 bits per heavy atom. The van der Waals surface area contributed by atoms with Crippen LogP contribution in [0.2, 0.25) is 0 Å². The number of pyridine rings is 1. The Bertz CT molecular complexity index is 1340. The van der Waals surface area contributed by atoms with Gasteiger partial charge in [0.05, 0.1) is 11.2 Å². The van der Waals surface area contributed by atoms with Gasteiger partial charge in [0.1, 0.15) is 0 Å². The summed E-state index contributed by atoms with van der Waals surface area (Å²) in [6.07, 6.45) is 4.38. The van der Waals surface area contributed by atoms with E-state index in [0.29, 0.717) is 0 Å². The van der Waals surface area contributed by atoms with E-state index in [2.05, 4.69) is 78.9 Å². The minimum atomic E-state index is 1.04. The third-order valence-electron chi connectivity index (χ3n) is 5.01. The van der Waals surface area contributed by atoms with Crippen molar-refractivity contribution < 1.29 is 0 Å². The Hall–Kier alpha value is -2.97. The molecule has 0 spiro atoms. The van der Waals surface area contributed by atoms with Gasteiger partial charge in [-0.3, -0.25) is 0 Å². The molecule has 6 rings (SSSR count). The molecule has 5 aromatic rings. The summed E-state index contributed by atoms with van der Waals surface area (Å²) in [6.45, 7) is 0. The van der Waals surface area contributed by atoms with E-state index < -0.39 is 0 Å². The summed E-state index contributed by atoms with van der Waals surface area (Å²) in [5.74, 6) is 0. The molecule has 2 aromatic heterocycles. The van der Waals surface area contributed by atoms with Crippen molar-refractivity contribution in [2.24, 2.45) is 0 Å². The molecule has 0 aliphatic heterocycles. The van der Waals surface area contributed by atoms with E-state index in [1.54, 1.807) is 0 Å². The highest BCUT2D eigenvalue weighted by atomic mass is 32.1. The Balaban J connectivity index is 1.64. The van der Waals surface area contributed by atoms with Gasteiger partial charge in [-0.2, -0.15) is 0 Å². The molecule has 2 heterocycles. The zero-order valence-corrected chi connectivity index (χ0v) is 14.2. The molecule has 0 saturated heterocycles. The topological polar surface area (TPSA) is 12.9 Å². The van der Waals surface area contributed by atoms with Crippen molar-refractivity contribution in [2.45, 2.75) is 0 Å². The first-order valence-corrected chi connectivity index (χ1v) is 9.22. The lowest BCUT2D eigenvalue weighted by atomic mass is 10.0. The molecule has 0 saturated carbocycles. The summed E-state index contributed by atoms with van der Waals surface area (Å²) in [7, 11) is 0. The molecule has 0 unspecified atom stereocenters. The van der Waals surface area contributed by atoms with Crippen LogP contribution in [0.3, 0.4) is 0 Å². The lowest BCUT2D eigenvalue weighted by Gasteiger charge is -2.07. The van der Waals surface area contributed by atoms with E-state index in [4.69, 9.17) is 4.98 Å². The monoisotopic (exact) mass is 335 g/mol. The first kappa shape index (κ1) is 13.3. The second-order valence-electron chi connectivity index (χ2n) is 6.48. The van der Waals surface area contributed by atoms with Gasteiger partial charge in [-0.25, -0.2) is 4.98 Å². The maximum Gasteiger partial charge on any atom is 0.0721 e. The van der Waals surface area contributed by atoms with Crippen LogP contribution in [-0.2, 0) is 0 Å². The van der Waals surface area contributed by atoms with Gasteiger partial charge in [0, 0.05) is 31.1 Å². The summed E-state index contributed by atoms with van der Waals surface area (Å²) in [4.78, 5) is 4.94. The molecule has 1 aliphatic rings. The lowest BCUT2D eigenvalue weighted by Crippen LogP contribution is -1.88. The average Bonchev–Trinajstić information content (AvgIpc) is 3.24. The predicted molar refractivity (Wildman–Crippen MR) is 109 cm³/mol. The Kier molecular flexibility index (Phi) is 2.55. The fraction of sp³-hybridized carbons (Fsp3) is 0. The molecule has 0 bridgehead atoms. The number of rotatable bonds is 1. The Morgan fingerprint density at radius 3 is 2.56 bits per heavy atom. The van der Waals surface area contributed by atoms with Crippen LogP contribution in [0.4, 0.5) is 0 Å². The van der Waals surface area contributed by atoms with Crippen molar-refractivity contribution in [1.82, 2.24) is 4.98 Å². The molecule has 0 N–H and O–H groups in total. The normalized spacial score (nSPS) is 12.6. The van der Waals surface area contributed by atoms with Crippen LogP contribution in [0.25, 0.3) is 54.5 Å². The van der Waals surface area contributed by atoms with E-state index in [0.717, 1.165) is 11.2 Å². The average molecular weight is 335 g/mol. The van der Waals surface area contributed by atoms with Gasteiger partial charge in [-0.1, -0.05) is 48.6 Å². The summed E-state index contributed by atoms with van der Waals surface area (Å²) in [5, 5.41) is 3.92. The van der Waals surface area contributed by atoms with E-state index in [-0.39, 0.29) is 0 Å². The smallest absolute Gasteiger partial charge is 0.0721 e. The maximum atomic E-state index is 4.94. The zero-order valence-electron chi connectivity index (χ0n) is 13.4. The zero-order chi connectivity index (χ0) is 16.4. The number of hydrogen-bond donors (Lipinski definition) is 0. The van der Waals surface area contributed by atoms with Crippen LogP contribution in [-0.4, -0.2) is 4.98 Å². The first-order chi connectivity index (χ1) is 12.4. The number of thiophene rings is 1. The van der Waals surface area contributed by atoms with Crippen LogP contribution >= 0.6 is 11.3 Å². The molecule has 0 atom stereocenters. The highest BCUT2D eigenvalue weighted by Gasteiger charge is 2.13. The summed E-state index contributed by atoms with van der Waals surface area (Å²) < 4.78 is 2.67. The van der Waals surface area contributed by atoms with Gasteiger partial charge in [0.25, 0.3) is 0 Å². The molecule has 2 heteroatoms. The maximum absolute atomic E-state index is 4.94. The molecular formula is C23H13NS. The van der Waals surface area contributed by atoms with Crippen LogP contribution < -0.4 is 0 Å². The minimum absolute atomic E-state index is 1.04. The lowest BCUT2D eigenvalue weighted by molar-refractivity contribution is 1.40. The summed E-state index contributed by atoms with van der Waals surface area (Å²) in [5.41, 5.74) is 5.84. The van der Waals surface area contributed by atoms with Gasteiger partial charge in [-0.05, 0) is 41.5 Å². The van der Waals surface area contributed by atoms with Crippen molar-refractivity contribution >= 4 is 54.6 Å². The van der Waals surface area contributed by atoms with Crippen LogP contribution in [0.15, 0.2) is 66.7 Å². The molecule has 1 nitrogen and oxygen atoms in total. The molecule has 3 aromatic carbocycles. The number of aromatic nitrogens is 1. The fourth-order valence-electron chi connectivity index (χ4n) is 3.83. The Labute approximate surface area is 148 Å². The third-order valence-corrected chi connectivity index (χ3v) is 6.16. The van der Waals surface area contributed by atoms with Gasteiger partial charge in [0.15, 0.2) is 0 Å². The van der Waals surface area contributed by atoms with Crippen molar-refractivity contribution in [2.75, 3.05) is 0 Å². The molecular weight excluding hydrogens is 322 g/mol. The molecule has 0 amide bonds. The van der Waals surface area contributed by atoms with E-state index >= 15 is 0 Å². The number of fused-ring (bicyclic) bond motifs is 3. The van der Waals surface area contributed by atoms with Crippen molar-refractivity contribution in [3.8, 4) is 11.3 Å². The Morgan fingerprint density at radius 1 is 0.680 bits per heavy atom. The van der Waals surface area contributed by atoms with Crippen LogP contribution in [0, 0.1) is 0 Å². The molecule has 116 valence electrons. The highest BCUT2D eigenvalue weighted by Crippen LogP contribution is 2.37. The second kappa shape index (κ2) is 4.78. The third kappa shape index (κ3) is 1.86. The van der Waals surface area contributed by atoms with Crippen LogP contribution in [0.5, 0.6) is 0 Å². The minimum Gasteiger partial charge on any atom is -0.248 e. The first-order valence-electron chi connectivity index (χ1n) is 8.40.